The minimum Gasteiger partial charge on any atom is -0.505 e. The van der Waals surface area contributed by atoms with E-state index in [0.29, 0.717) is 21.5 Å². The third-order valence-electron chi connectivity index (χ3n) is 6.02. The molecule has 0 spiro atoms. The molecule has 0 aromatic heterocycles. The number of ether oxygens (including phenoxy) is 2. The summed E-state index contributed by atoms with van der Waals surface area (Å²) in [5.41, 5.74) is -1.55. The summed E-state index contributed by atoms with van der Waals surface area (Å²) in [5.74, 6) is -0.845. The van der Waals surface area contributed by atoms with Gasteiger partial charge in [-0.15, -0.1) is 0 Å². The second-order valence-electron chi connectivity index (χ2n) is 8.81. The van der Waals surface area contributed by atoms with Gasteiger partial charge in [-0.1, -0.05) is 12.1 Å². The van der Waals surface area contributed by atoms with E-state index >= 15 is 0 Å². The predicted molar refractivity (Wildman–Crippen MR) is 159 cm³/mol. The van der Waals surface area contributed by atoms with Crippen LogP contribution in [0, 0.1) is 20.2 Å². The number of rotatable bonds is 8. The van der Waals surface area contributed by atoms with Gasteiger partial charge in [0.25, 0.3) is 11.4 Å². The van der Waals surface area contributed by atoms with E-state index in [1.54, 1.807) is 24.3 Å². The molecule has 0 aliphatic heterocycles. The van der Waals surface area contributed by atoms with E-state index in [0.717, 1.165) is 36.4 Å². The standard InChI is InChI=1S/C28H24N6O10/c1-43-21-7-3-5-17(13-21)29-27(37)31(23-11-9-19(33(39)40)15-25(23)35)32(24-12-10-20(34(41)42)16-26(24)36)28(38)30-18-6-4-8-22(14-18)44-2/h3-16,35-36H,1-2H3,(H,29,37)(H,30,38). The average molecular weight is 605 g/mol. The molecule has 4 rings (SSSR count). The topological polar surface area (TPSA) is 210 Å². The fourth-order valence-corrected chi connectivity index (χ4v) is 3.98. The highest BCUT2D eigenvalue weighted by Gasteiger charge is 2.34. The Morgan fingerprint density at radius 1 is 0.659 bits per heavy atom. The first-order valence-corrected chi connectivity index (χ1v) is 12.5. The third kappa shape index (κ3) is 6.65. The number of nitro benzene ring substituents is 2. The number of aromatic hydroxyl groups is 2. The molecule has 4 aromatic rings. The van der Waals surface area contributed by atoms with Gasteiger partial charge in [0.15, 0.2) is 0 Å². The van der Waals surface area contributed by atoms with Crippen molar-refractivity contribution >= 4 is 46.2 Å². The predicted octanol–water partition coefficient (Wildman–Crippen LogP) is 5.62. The van der Waals surface area contributed by atoms with Gasteiger partial charge >= 0.3 is 12.1 Å². The van der Waals surface area contributed by atoms with Crippen LogP contribution < -0.4 is 30.1 Å². The number of anilines is 4. The molecule has 0 saturated heterocycles. The van der Waals surface area contributed by atoms with E-state index in [1.807, 2.05) is 0 Å². The average Bonchev–Trinajstić information content (AvgIpc) is 3.00. The quantitative estimate of drug-likeness (QED) is 0.144. The summed E-state index contributed by atoms with van der Waals surface area (Å²) in [6, 6.07) is 15.6. The zero-order valence-electron chi connectivity index (χ0n) is 23.0. The monoisotopic (exact) mass is 604 g/mol. The van der Waals surface area contributed by atoms with Crippen molar-refractivity contribution in [2.45, 2.75) is 0 Å². The van der Waals surface area contributed by atoms with Gasteiger partial charge in [0.1, 0.15) is 34.4 Å². The van der Waals surface area contributed by atoms with E-state index < -0.39 is 56.2 Å². The molecule has 44 heavy (non-hydrogen) atoms. The van der Waals surface area contributed by atoms with Gasteiger partial charge in [-0.2, -0.15) is 10.0 Å². The number of nitro groups is 2. The molecule has 0 aliphatic rings. The number of hydrogen-bond acceptors (Lipinski definition) is 10. The molecule has 16 nitrogen and oxygen atoms in total. The maximum absolute atomic E-state index is 13.9. The molecule has 0 saturated carbocycles. The molecule has 4 aromatic carbocycles. The molecule has 4 N–H and O–H groups in total. The van der Waals surface area contributed by atoms with Gasteiger partial charge in [0.2, 0.25) is 0 Å². The van der Waals surface area contributed by atoms with Crippen LogP contribution in [0.25, 0.3) is 0 Å². The number of carbonyl (C=O) groups excluding carboxylic acids is 2. The number of carbonyl (C=O) groups is 2. The summed E-state index contributed by atoms with van der Waals surface area (Å²) < 4.78 is 10.4. The molecule has 0 radical (unpaired) electrons. The van der Waals surface area contributed by atoms with Crippen LogP contribution in [0.1, 0.15) is 0 Å². The van der Waals surface area contributed by atoms with E-state index in [2.05, 4.69) is 10.6 Å². The Morgan fingerprint density at radius 3 is 1.36 bits per heavy atom. The Balaban J connectivity index is 1.91. The molecule has 0 unspecified atom stereocenters. The minimum atomic E-state index is -1.10. The molecule has 0 atom stereocenters. The molecule has 0 aliphatic carbocycles. The number of benzene rings is 4. The summed E-state index contributed by atoms with van der Waals surface area (Å²) in [7, 11) is 2.81. The SMILES string of the molecule is COc1cccc(NC(=O)N(c2ccc([N+](=O)[O-])cc2O)N(C(=O)Nc2cccc(OC)c2)c2ccc([N+](=O)[O-])cc2O)c1. The highest BCUT2D eigenvalue weighted by molar-refractivity contribution is 6.14. The first kappa shape index (κ1) is 30.4. The van der Waals surface area contributed by atoms with E-state index in [9.17, 15) is 40.0 Å². The smallest absolute Gasteiger partial charge is 0.346 e. The van der Waals surface area contributed by atoms with Crippen LogP contribution in [0.4, 0.5) is 43.7 Å². The van der Waals surface area contributed by atoms with Crippen molar-refractivity contribution in [2.75, 3.05) is 34.9 Å². The molecule has 0 heterocycles. The number of hydrogen-bond donors (Lipinski definition) is 4. The van der Waals surface area contributed by atoms with Crippen molar-refractivity contribution in [3.63, 3.8) is 0 Å². The fraction of sp³-hybridized carbons (Fsp3) is 0.0714. The van der Waals surface area contributed by atoms with E-state index in [-0.39, 0.29) is 11.4 Å². The Kier molecular flexibility index (Phi) is 8.94. The number of phenolic OH excluding ortho intramolecular Hbond substituents is 2. The molecule has 0 fully saturated rings. The minimum absolute atomic E-state index is 0.182. The first-order valence-electron chi connectivity index (χ1n) is 12.5. The van der Waals surface area contributed by atoms with E-state index in [4.69, 9.17) is 9.47 Å². The first-order chi connectivity index (χ1) is 21.0. The zero-order chi connectivity index (χ0) is 32.0. The lowest BCUT2D eigenvalue weighted by Crippen LogP contribution is -2.54. The maximum Gasteiger partial charge on any atom is 0.346 e. The second-order valence-corrected chi connectivity index (χ2v) is 8.81. The normalized spacial score (nSPS) is 10.3. The van der Waals surface area contributed by atoms with Crippen molar-refractivity contribution in [1.82, 2.24) is 0 Å². The highest BCUT2D eigenvalue weighted by Crippen LogP contribution is 2.38. The highest BCUT2D eigenvalue weighted by atomic mass is 16.6. The largest absolute Gasteiger partial charge is 0.505 e. The van der Waals surface area contributed by atoms with Gasteiger partial charge < -0.3 is 30.3 Å². The summed E-state index contributed by atoms with van der Waals surface area (Å²) in [5, 5.41) is 50.7. The van der Waals surface area contributed by atoms with Gasteiger partial charge in [-0.3, -0.25) is 20.2 Å². The van der Waals surface area contributed by atoms with Gasteiger partial charge in [-0.25, -0.2) is 9.59 Å². The number of urea groups is 2. The van der Waals surface area contributed by atoms with Crippen molar-refractivity contribution in [2.24, 2.45) is 0 Å². The number of phenols is 2. The molecule has 226 valence electrons. The lowest BCUT2D eigenvalue weighted by molar-refractivity contribution is -0.385. The van der Waals surface area contributed by atoms with Crippen LogP contribution in [0.2, 0.25) is 0 Å². The van der Waals surface area contributed by atoms with Crippen LogP contribution in [0.15, 0.2) is 84.9 Å². The maximum atomic E-state index is 13.9. The Hall–Kier alpha value is -6.58. The number of hydrazine groups is 1. The number of nitrogens with zero attached hydrogens (tertiary/aromatic N) is 4. The summed E-state index contributed by atoms with van der Waals surface area (Å²) >= 11 is 0. The van der Waals surface area contributed by atoms with Crippen molar-refractivity contribution in [3.8, 4) is 23.0 Å². The van der Waals surface area contributed by atoms with Gasteiger partial charge in [0, 0.05) is 35.6 Å². The van der Waals surface area contributed by atoms with Crippen molar-refractivity contribution < 1.29 is 39.1 Å². The number of methoxy groups -OCH3 is 2. The van der Waals surface area contributed by atoms with Crippen LogP contribution in [-0.4, -0.2) is 46.3 Å². The van der Waals surface area contributed by atoms with E-state index in [1.165, 1.54) is 38.5 Å². The molecule has 0 bridgehead atoms. The van der Waals surface area contributed by atoms with Gasteiger partial charge in [0.05, 0.1) is 36.2 Å². The molecule has 4 amide bonds. The van der Waals surface area contributed by atoms with Crippen LogP contribution >= 0.6 is 0 Å². The Morgan fingerprint density at radius 2 is 1.05 bits per heavy atom. The number of amides is 4. The van der Waals surface area contributed by atoms with Crippen molar-refractivity contribution in [3.05, 3.63) is 105 Å². The molecule has 16 heteroatoms. The summed E-state index contributed by atoms with van der Waals surface area (Å²) in [6.07, 6.45) is 0. The fourth-order valence-electron chi connectivity index (χ4n) is 3.98. The van der Waals surface area contributed by atoms with Crippen molar-refractivity contribution in [1.29, 1.82) is 0 Å². The molecular formula is C28H24N6O10. The lowest BCUT2D eigenvalue weighted by Gasteiger charge is -2.35. The number of non-ortho nitro benzene ring substituents is 2. The van der Waals surface area contributed by atoms with Crippen LogP contribution in [0.3, 0.4) is 0 Å². The molecular weight excluding hydrogens is 580 g/mol. The van der Waals surface area contributed by atoms with Crippen LogP contribution in [0.5, 0.6) is 23.0 Å². The zero-order valence-corrected chi connectivity index (χ0v) is 23.0. The summed E-state index contributed by atoms with van der Waals surface area (Å²) in [4.78, 5) is 49.0. The van der Waals surface area contributed by atoms with Gasteiger partial charge in [-0.05, 0) is 36.4 Å². The Labute approximate surface area is 248 Å². The second kappa shape index (κ2) is 12.9. The van der Waals surface area contributed by atoms with Crippen LogP contribution in [-0.2, 0) is 0 Å². The summed E-state index contributed by atoms with van der Waals surface area (Å²) in [6.45, 7) is 0. The number of nitrogens with one attached hydrogen (secondary N) is 2. The lowest BCUT2D eigenvalue weighted by atomic mass is 10.2. The Bertz CT molecular complexity index is 1620. The third-order valence-corrected chi connectivity index (χ3v) is 6.02.